The van der Waals surface area contributed by atoms with Crippen molar-refractivity contribution in [3.8, 4) is 0 Å². The van der Waals surface area contributed by atoms with Gasteiger partial charge in [-0.25, -0.2) is 0 Å². The van der Waals surface area contributed by atoms with Crippen LogP contribution in [0.1, 0.15) is 72.1 Å². The van der Waals surface area contributed by atoms with Crippen molar-refractivity contribution in [1.29, 1.82) is 0 Å². The van der Waals surface area contributed by atoms with E-state index >= 15 is 0 Å². The molecular weight excluding hydrogens is 330 g/mol. The fourth-order valence-corrected chi connectivity index (χ4v) is 7.06. The number of fused-ring (bicyclic) bond motifs is 5. The molecule has 1 aliphatic heterocycles. The average Bonchev–Trinajstić information content (AvgIpc) is 2.56. The Bertz CT molecular complexity index is 646. The second-order valence-corrected chi connectivity index (χ2v) is 9.70. The number of hydrogen-bond acceptors (Lipinski definition) is 4. The standard InChI is InChI=1S/C21H31NO4/c1-12(23)26-14-6-8-20(2)13(10-14)4-5-15-16(20)7-9-21(3)17(15)11-18(24)22-19(21)25/h13-17H,4-11H2,1-3H3,(H,22,24,25)/t13-,14+,15+,16-,17-,20-,21-/m0/s1. The molecule has 0 spiro atoms. The summed E-state index contributed by atoms with van der Waals surface area (Å²) >= 11 is 0. The van der Waals surface area contributed by atoms with E-state index in [1.807, 2.05) is 0 Å². The summed E-state index contributed by atoms with van der Waals surface area (Å²) in [5, 5.41) is 2.58. The van der Waals surface area contributed by atoms with Crippen molar-refractivity contribution in [1.82, 2.24) is 5.32 Å². The van der Waals surface area contributed by atoms with Crippen LogP contribution in [0.2, 0.25) is 0 Å². The second kappa shape index (κ2) is 6.07. The summed E-state index contributed by atoms with van der Waals surface area (Å²) in [5.41, 5.74) is -0.134. The molecule has 1 N–H and O–H groups in total. The highest BCUT2D eigenvalue weighted by molar-refractivity contribution is 6.01. The van der Waals surface area contributed by atoms with E-state index < -0.39 is 0 Å². The maximum atomic E-state index is 12.6. The highest BCUT2D eigenvalue weighted by Crippen LogP contribution is 2.64. The molecule has 0 bridgehead atoms. The van der Waals surface area contributed by atoms with Crippen molar-refractivity contribution < 1.29 is 19.1 Å². The Kier molecular flexibility index (Phi) is 4.20. The lowest BCUT2D eigenvalue weighted by molar-refractivity contribution is -0.170. The molecule has 7 atom stereocenters. The Labute approximate surface area is 155 Å². The molecule has 4 aliphatic rings. The molecule has 3 aliphatic carbocycles. The van der Waals surface area contributed by atoms with Gasteiger partial charge in [-0.1, -0.05) is 13.8 Å². The quantitative estimate of drug-likeness (QED) is 0.575. The van der Waals surface area contributed by atoms with Crippen LogP contribution in [0.25, 0.3) is 0 Å². The summed E-state index contributed by atoms with van der Waals surface area (Å²) in [7, 11) is 0. The molecule has 5 nitrogen and oxygen atoms in total. The van der Waals surface area contributed by atoms with Gasteiger partial charge in [-0.2, -0.15) is 0 Å². The lowest BCUT2D eigenvalue weighted by Gasteiger charge is -2.61. The molecule has 1 heterocycles. The van der Waals surface area contributed by atoms with Crippen molar-refractivity contribution in [2.24, 2.45) is 34.5 Å². The number of rotatable bonds is 1. The zero-order valence-electron chi connectivity index (χ0n) is 16.2. The van der Waals surface area contributed by atoms with Crippen LogP contribution in [-0.4, -0.2) is 23.9 Å². The van der Waals surface area contributed by atoms with Gasteiger partial charge in [0.05, 0.1) is 5.41 Å². The molecule has 0 radical (unpaired) electrons. The summed E-state index contributed by atoms with van der Waals surface area (Å²) in [6, 6.07) is 0. The highest BCUT2D eigenvalue weighted by Gasteiger charge is 2.60. The van der Waals surface area contributed by atoms with E-state index in [0.29, 0.717) is 24.2 Å². The summed E-state index contributed by atoms with van der Waals surface area (Å²) in [6.45, 7) is 5.99. The maximum absolute atomic E-state index is 12.6. The van der Waals surface area contributed by atoms with E-state index in [1.54, 1.807) is 0 Å². The van der Waals surface area contributed by atoms with Crippen LogP contribution < -0.4 is 5.32 Å². The molecule has 5 heteroatoms. The minimum absolute atomic E-state index is 0.0527. The molecule has 2 amide bonds. The molecule has 3 saturated carbocycles. The molecule has 0 aromatic rings. The first-order chi connectivity index (χ1) is 12.2. The first-order valence-corrected chi connectivity index (χ1v) is 10.3. The van der Waals surface area contributed by atoms with Crippen LogP contribution in [0.3, 0.4) is 0 Å². The normalized spacial score (nSPS) is 47.9. The number of ether oxygens (including phenoxy) is 1. The van der Waals surface area contributed by atoms with E-state index in [4.69, 9.17) is 4.74 Å². The Morgan fingerprint density at radius 2 is 1.85 bits per heavy atom. The number of carbonyl (C=O) groups excluding carboxylic acids is 3. The summed E-state index contributed by atoms with van der Waals surface area (Å²) in [5.74, 6) is 1.50. The van der Waals surface area contributed by atoms with Gasteiger partial charge in [0.2, 0.25) is 11.8 Å². The molecule has 0 aromatic heterocycles. The number of imide groups is 1. The fourth-order valence-electron chi connectivity index (χ4n) is 7.06. The molecule has 4 fully saturated rings. The minimum Gasteiger partial charge on any atom is -0.463 e. The molecule has 26 heavy (non-hydrogen) atoms. The van der Waals surface area contributed by atoms with Crippen molar-refractivity contribution in [2.45, 2.75) is 78.2 Å². The largest absolute Gasteiger partial charge is 0.463 e. The molecule has 1 saturated heterocycles. The third kappa shape index (κ3) is 2.61. The van der Waals surface area contributed by atoms with Crippen LogP contribution >= 0.6 is 0 Å². The zero-order chi connectivity index (χ0) is 18.7. The second-order valence-electron chi connectivity index (χ2n) is 9.70. The SMILES string of the molecule is CC(=O)O[C@@H]1CC[C@@]2(C)[C@@H](CC[C@@H]3[C@@H]2CC[C@]2(C)C(=O)NC(=O)C[C@@H]32)C1. The van der Waals surface area contributed by atoms with E-state index in [0.717, 1.165) is 44.9 Å². The van der Waals surface area contributed by atoms with Crippen molar-refractivity contribution in [2.75, 3.05) is 0 Å². The maximum Gasteiger partial charge on any atom is 0.302 e. The predicted molar refractivity (Wildman–Crippen MR) is 95.8 cm³/mol. The van der Waals surface area contributed by atoms with Gasteiger partial charge in [0.15, 0.2) is 0 Å². The average molecular weight is 361 g/mol. The van der Waals surface area contributed by atoms with Gasteiger partial charge in [0.1, 0.15) is 6.10 Å². The lowest BCUT2D eigenvalue weighted by atomic mass is 9.44. The van der Waals surface area contributed by atoms with Crippen LogP contribution in [0.5, 0.6) is 0 Å². The number of esters is 1. The summed E-state index contributed by atoms with van der Waals surface area (Å²) < 4.78 is 5.51. The van der Waals surface area contributed by atoms with Crippen molar-refractivity contribution >= 4 is 17.8 Å². The van der Waals surface area contributed by atoms with Crippen LogP contribution in [0, 0.1) is 34.5 Å². The molecule has 0 aromatic carbocycles. The van der Waals surface area contributed by atoms with Crippen LogP contribution in [0.15, 0.2) is 0 Å². The van der Waals surface area contributed by atoms with Gasteiger partial charge in [0.25, 0.3) is 0 Å². The number of amides is 2. The molecule has 0 unspecified atom stereocenters. The van der Waals surface area contributed by atoms with E-state index in [9.17, 15) is 14.4 Å². The van der Waals surface area contributed by atoms with E-state index in [1.165, 1.54) is 6.92 Å². The van der Waals surface area contributed by atoms with Gasteiger partial charge >= 0.3 is 5.97 Å². The highest BCUT2D eigenvalue weighted by atomic mass is 16.5. The number of carbonyl (C=O) groups is 3. The Balaban J connectivity index is 1.57. The number of nitrogens with one attached hydrogen (secondary N) is 1. The van der Waals surface area contributed by atoms with Gasteiger partial charge in [-0.3, -0.25) is 19.7 Å². The third-order valence-corrected chi connectivity index (χ3v) is 8.52. The van der Waals surface area contributed by atoms with Crippen molar-refractivity contribution in [3.63, 3.8) is 0 Å². The first kappa shape index (κ1) is 18.0. The van der Waals surface area contributed by atoms with E-state index in [-0.39, 0.29) is 40.6 Å². The molecular formula is C21H31NO4. The molecule has 4 rings (SSSR count). The smallest absolute Gasteiger partial charge is 0.302 e. The first-order valence-electron chi connectivity index (χ1n) is 10.3. The summed E-state index contributed by atoms with van der Waals surface area (Å²) in [6.07, 6.45) is 7.74. The van der Waals surface area contributed by atoms with Gasteiger partial charge in [-0.05, 0) is 74.0 Å². The predicted octanol–water partition coefficient (Wildman–Crippen LogP) is 3.21. The van der Waals surface area contributed by atoms with Gasteiger partial charge < -0.3 is 4.74 Å². The fraction of sp³-hybridized carbons (Fsp3) is 0.857. The number of piperidine rings is 1. The van der Waals surface area contributed by atoms with Crippen molar-refractivity contribution in [3.05, 3.63) is 0 Å². The van der Waals surface area contributed by atoms with Gasteiger partial charge in [-0.15, -0.1) is 0 Å². The molecule has 144 valence electrons. The van der Waals surface area contributed by atoms with Crippen LogP contribution in [0.4, 0.5) is 0 Å². The Morgan fingerprint density at radius 3 is 2.58 bits per heavy atom. The monoisotopic (exact) mass is 361 g/mol. The summed E-state index contributed by atoms with van der Waals surface area (Å²) in [4.78, 5) is 36.0. The minimum atomic E-state index is -0.382. The third-order valence-electron chi connectivity index (χ3n) is 8.52. The van der Waals surface area contributed by atoms with Crippen LogP contribution in [-0.2, 0) is 19.1 Å². The Hall–Kier alpha value is -1.39. The van der Waals surface area contributed by atoms with E-state index in [2.05, 4.69) is 19.2 Å². The Morgan fingerprint density at radius 1 is 1.08 bits per heavy atom. The zero-order valence-corrected chi connectivity index (χ0v) is 16.2. The lowest BCUT2D eigenvalue weighted by Crippen LogP contribution is -2.61. The topological polar surface area (TPSA) is 72.5 Å². The number of hydrogen-bond donors (Lipinski definition) is 1. The van der Waals surface area contributed by atoms with Gasteiger partial charge in [0, 0.05) is 13.3 Å².